The third kappa shape index (κ3) is 9.42. The standard InChI is InChI=1S/C28H42N6O4/c1-5-37-26-13-7-6-12-25(26)30-28(36)38-21-20-33-16-18-34(19-17-33)24-11-8-10-23(22-24)29-27(35)32(4)15-9-14-31(2)3/h6-8,10-13,22H,5,9,14-21H2,1-4H3,(H,29,35)(H,30,36). The number of rotatable bonds is 12. The fourth-order valence-corrected chi connectivity index (χ4v) is 4.22. The van der Waals surface area contributed by atoms with Crippen molar-refractivity contribution in [2.75, 3.05) is 95.7 Å². The third-order valence-corrected chi connectivity index (χ3v) is 6.34. The summed E-state index contributed by atoms with van der Waals surface area (Å²) in [5, 5.41) is 5.76. The van der Waals surface area contributed by atoms with Crippen LogP contribution in [0.15, 0.2) is 48.5 Å². The monoisotopic (exact) mass is 526 g/mol. The molecule has 0 aromatic heterocycles. The van der Waals surface area contributed by atoms with E-state index in [0.29, 0.717) is 37.7 Å². The van der Waals surface area contributed by atoms with Crippen molar-refractivity contribution < 1.29 is 19.1 Å². The lowest BCUT2D eigenvalue weighted by Crippen LogP contribution is -2.47. The molecule has 3 rings (SSSR count). The molecule has 2 aromatic carbocycles. The maximum absolute atomic E-state index is 12.5. The fourth-order valence-electron chi connectivity index (χ4n) is 4.22. The van der Waals surface area contributed by atoms with Crippen LogP contribution < -0.4 is 20.3 Å². The van der Waals surface area contributed by atoms with Gasteiger partial charge in [-0.25, -0.2) is 9.59 Å². The molecule has 0 radical (unpaired) electrons. The molecule has 0 bridgehead atoms. The molecule has 1 aliphatic rings. The molecule has 1 aliphatic heterocycles. The lowest BCUT2D eigenvalue weighted by atomic mass is 10.2. The Morgan fingerprint density at radius 2 is 1.71 bits per heavy atom. The molecular formula is C28H42N6O4. The lowest BCUT2D eigenvalue weighted by Gasteiger charge is -2.36. The van der Waals surface area contributed by atoms with Gasteiger partial charge in [-0.3, -0.25) is 10.2 Å². The predicted molar refractivity (Wildman–Crippen MR) is 152 cm³/mol. The van der Waals surface area contributed by atoms with Crippen LogP contribution in [0.4, 0.5) is 26.7 Å². The van der Waals surface area contributed by atoms with Crippen molar-refractivity contribution in [1.82, 2.24) is 14.7 Å². The summed E-state index contributed by atoms with van der Waals surface area (Å²) in [6, 6.07) is 15.2. The van der Waals surface area contributed by atoms with Crippen molar-refractivity contribution in [2.24, 2.45) is 0 Å². The highest BCUT2D eigenvalue weighted by molar-refractivity contribution is 5.89. The minimum Gasteiger partial charge on any atom is -0.492 e. The van der Waals surface area contributed by atoms with E-state index in [-0.39, 0.29) is 6.03 Å². The van der Waals surface area contributed by atoms with E-state index in [0.717, 1.165) is 50.5 Å². The number of hydrogen-bond acceptors (Lipinski definition) is 7. The van der Waals surface area contributed by atoms with Gasteiger partial charge in [0.25, 0.3) is 0 Å². The molecule has 208 valence electrons. The van der Waals surface area contributed by atoms with E-state index in [2.05, 4.69) is 31.4 Å². The number of carbonyl (C=O) groups excluding carboxylic acids is 2. The van der Waals surface area contributed by atoms with Crippen LogP contribution in [0.25, 0.3) is 0 Å². The molecule has 0 aliphatic carbocycles. The summed E-state index contributed by atoms with van der Waals surface area (Å²) in [6.45, 7) is 8.50. The fraction of sp³-hybridized carbons (Fsp3) is 0.500. The summed E-state index contributed by atoms with van der Waals surface area (Å²) in [7, 11) is 5.88. The van der Waals surface area contributed by atoms with Gasteiger partial charge in [-0.05, 0) is 64.3 Å². The van der Waals surface area contributed by atoms with Gasteiger partial charge in [0.1, 0.15) is 12.4 Å². The van der Waals surface area contributed by atoms with E-state index < -0.39 is 6.09 Å². The van der Waals surface area contributed by atoms with Crippen LogP contribution in [0.2, 0.25) is 0 Å². The molecule has 38 heavy (non-hydrogen) atoms. The summed E-state index contributed by atoms with van der Waals surface area (Å²) in [6.07, 6.45) is 0.441. The normalized spacial score (nSPS) is 13.8. The molecule has 0 saturated carbocycles. The summed E-state index contributed by atoms with van der Waals surface area (Å²) in [5.41, 5.74) is 2.48. The summed E-state index contributed by atoms with van der Waals surface area (Å²) in [4.78, 5) is 33.2. The van der Waals surface area contributed by atoms with Gasteiger partial charge in [-0.15, -0.1) is 0 Å². The SMILES string of the molecule is CCOc1ccccc1NC(=O)OCCN1CCN(c2cccc(NC(=O)N(C)CCCN(C)C)c2)CC1. The van der Waals surface area contributed by atoms with Gasteiger partial charge in [-0.2, -0.15) is 0 Å². The maximum Gasteiger partial charge on any atom is 0.411 e. The number of para-hydroxylation sites is 2. The number of anilines is 3. The Morgan fingerprint density at radius 3 is 2.45 bits per heavy atom. The predicted octanol–water partition coefficient (Wildman–Crippen LogP) is 3.87. The Hall–Kier alpha value is -3.50. The Balaban J connectivity index is 1.39. The van der Waals surface area contributed by atoms with E-state index in [9.17, 15) is 9.59 Å². The molecule has 2 N–H and O–H groups in total. The Kier molecular flexibility index (Phi) is 11.5. The topological polar surface area (TPSA) is 89.6 Å². The number of nitrogens with one attached hydrogen (secondary N) is 2. The first-order chi connectivity index (χ1) is 18.4. The second-order valence-corrected chi connectivity index (χ2v) is 9.58. The van der Waals surface area contributed by atoms with Gasteiger partial charge in [0.2, 0.25) is 0 Å². The highest BCUT2D eigenvalue weighted by Gasteiger charge is 2.18. The second-order valence-electron chi connectivity index (χ2n) is 9.58. The summed E-state index contributed by atoms with van der Waals surface area (Å²) >= 11 is 0. The van der Waals surface area contributed by atoms with Gasteiger partial charge in [0.05, 0.1) is 12.3 Å². The Bertz CT molecular complexity index is 1030. The third-order valence-electron chi connectivity index (χ3n) is 6.34. The van der Waals surface area contributed by atoms with Crippen molar-refractivity contribution in [3.05, 3.63) is 48.5 Å². The molecule has 3 amide bonds. The zero-order valence-corrected chi connectivity index (χ0v) is 23.1. The van der Waals surface area contributed by atoms with Gasteiger partial charge in [0, 0.05) is 57.7 Å². The minimum absolute atomic E-state index is 0.101. The number of amides is 3. The van der Waals surface area contributed by atoms with E-state index in [1.165, 1.54) is 0 Å². The van der Waals surface area contributed by atoms with Crippen molar-refractivity contribution >= 4 is 29.2 Å². The van der Waals surface area contributed by atoms with Crippen LogP contribution in [0.5, 0.6) is 5.75 Å². The zero-order valence-electron chi connectivity index (χ0n) is 23.1. The largest absolute Gasteiger partial charge is 0.492 e. The number of ether oxygens (including phenoxy) is 2. The molecule has 0 spiro atoms. The van der Waals surface area contributed by atoms with Crippen LogP contribution in [0.3, 0.4) is 0 Å². The minimum atomic E-state index is -0.488. The van der Waals surface area contributed by atoms with Crippen molar-refractivity contribution in [1.29, 1.82) is 0 Å². The van der Waals surface area contributed by atoms with Crippen LogP contribution in [0.1, 0.15) is 13.3 Å². The molecule has 1 fully saturated rings. The van der Waals surface area contributed by atoms with E-state index >= 15 is 0 Å². The second kappa shape index (κ2) is 15.0. The summed E-state index contributed by atoms with van der Waals surface area (Å²) in [5.74, 6) is 0.624. The maximum atomic E-state index is 12.5. The molecule has 1 saturated heterocycles. The highest BCUT2D eigenvalue weighted by atomic mass is 16.5. The van der Waals surface area contributed by atoms with E-state index in [4.69, 9.17) is 9.47 Å². The van der Waals surface area contributed by atoms with Crippen molar-refractivity contribution in [2.45, 2.75) is 13.3 Å². The van der Waals surface area contributed by atoms with Crippen LogP contribution >= 0.6 is 0 Å². The average molecular weight is 527 g/mol. The number of urea groups is 1. The molecule has 10 nitrogen and oxygen atoms in total. The smallest absolute Gasteiger partial charge is 0.411 e. The van der Waals surface area contributed by atoms with Gasteiger partial charge in [0.15, 0.2) is 0 Å². The number of carbonyl (C=O) groups is 2. The van der Waals surface area contributed by atoms with Crippen molar-refractivity contribution in [3.63, 3.8) is 0 Å². The highest BCUT2D eigenvalue weighted by Crippen LogP contribution is 2.24. The molecule has 0 atom stereocenters. The zero-order chi connectivity index (χ0) is 27.3. The first kappa shape index (κ1) is 29.1. The van der Waals surface area contributed by atoms with Gasteiger partial charge < -0.3 is 29.5 Å². The van der Waals surface area contributed by atoms with Crippen LogP contribution in [0, 0.1) is 0 Å². The molecule has 10 heteroatoms. The van der Waals surface area contributed by atoms with Crippen molar-refractivity contribution in [3.8, 4) is 5.75 Å². The molecule has 2 aromatic rings. The quantitative estimate of drug-likeness (QED) is 0.434. The van der Waals surface area contributed by atoms with E-state index in [1.54, 1.807) is 11.0 Å². The lowest BCUT2D eigenvalue weighted by molar-refractivity contribution is 0.137. The Morgan fingerprint density at radius 1 is 0.947 bits per heavy atom. The van der Waals surface area contributed by atoms with E-state index in [1.807, 2.05) is 64.5 Å². The van der Waals surface area contributed by atoms with Gasteiger partial charge in [-0.1, -0.05) is 18.2 Å². The molecular weight excluding hydrogens is 484 g/mol. The summed E-state index contributed by atoms with van der Waals surface area (Å²) < 4.78 is 10.9. The van der Waals surface area contributed by atoms with Gasteiger partial charge >= 0.3 is 12.1 Å². The molecule has 0 unspecified atom stereocenters. The first-order valence-electron chi connectivity index (χ1n) is 13.3. The average Bonchev–Trinajstić information content (AvgIpc) is 2.90. The Labute approximate surface area is 226 Å². The van der Waals surface area contributed by atoms with Crippen LogP contribution in [-0.2, 0) is 4.74 Å². The number of piperazine rings is 1. The van der Waals surface area contributed by atoms with Crippen LogP contribution in [-0.4, -0.2) is 107 Å². The number of hydrogen-bond donors (Lipinski definition) is 2. The first-order valence-corrected chi connectivity index (χ1v) is 13.3. The number of nitrogens with zero attached hydrogens (tertiary/aromatic N) is 4. The number of benzene rings is 2. The molecule has 1 heterocycles.